The number of nitrogens with zero attached hydrogens (tertiary/aromatic N) is 2. The first-order valence-corrected chi connectivity index (χ1v) is 11.3. The van der Waals surface area contributed by atoms with Crippen molar-refractivity contribution in [1.82, 2.24) is 15.5 Å². The van der Waals surface area contributed by atoms with E-state index < -0.39 is 9.84 Å². The van der Waals surface area contributed by atoms with Crippen LogP contribution in [0.2, 0.25) is 0 Å². The molecule has 2 rings (SSSR count). The number of nitrogens with one attached hydrogen (secondary N) is 2. The molecule has 0 aliphatic carbocycles. The van der Waals surface area contributed by atoms with Gasteiger partial charge in [0, 0.05) is 26.4 Å². The monoisotopic (exact) mass is 508 g/mol. The van der Waals surface area contributed by atoms with E-state index in [2.05, 4.69) is 20.5 Å². The molecule has 0 spiro atoms. The van der Waals surface area contributed by atoms with E-state index in [0.29, 0.717) is 4.90 Å². The van der Waals surface area contributed by atoms with Crippen LogP contribution in [0.1, 0.15) is 31.2 Å². The van der Waals surface area contributed by atoms with Crippen molar-refractivity contribution in [3.8, 4) is 0 Å². The van der Waals surface area contributed by atoms with Gasteiger partial charge < -0.3 is 15.5 Å². The quantitative estimate of drug-likeness (QED) is 0.232. The molecule has 1 aromatic carbocycles. The Kier molecular flexibility index (Phi) is 11.2. The third-order valence-electron chi connectivity index (χ3n) is 4.67. The smallest absolute Gasteiger partial charge is 0.190 e. The Morgan fingerprint density at radius 1 is 1.07 bits per heavy atom. The van der Waals surface area contributed by atoms with Gasteiger partial charge in [0.05, 0.1) is 4.90 Å². The molecule has 1 saturated heterocycles. The number of benzene rings is 1. The molecule has 1 aromatic rings. The Morgan fingerprint density at radius 3 is 2.30 bits per heavy atom. The number of likely N-dealkylation sites (tertiary alicyclic amines) is 1. The molecule has 1 fully saturated rings. The predicted molar refractivity (Wildman–Crippen MR) is 123 cm³/mol. The van der Waals surface area contributed by atoms with E-state index in [-0.39, 0.29) is 24.0 Å². The minimum Gasteiger partial charge on any atom is -0.356 e. The van der Waals surface area contributed by atoms with Crippen LogP contribution in [-0.4, -0.2) is 65.3 Å². The Morgan fingerprint density at radius 2 is 1.70 bits per heavy atom. The van der Waals surface area contributed by atoms with Crippen molar-refractivity contribution < 1.29 is 8.42 Å². The number of halogens is 1. The fourth-order valence-corrected chi connectivity index (χ4v) is 3.75. The standard InChI is InChI=1S/C19H32N4O2S.HI/c1-20-19(21-12-3-4-14-23-15-5-6-16-23)22-13-11-17-7-9-18(10-8-17)26(2,24)25;/h7-10H,3-6,11-16H2,1-2H3,(H2,20,21,22);1H. The average molecular weight is 508 g/mol. The van der Waals surface area contributed by atoms with Crippen molar-refractivity contribution in [2.45, 2.75) is 37.0 Å². The van der Waals surface area contributed by atoms with Crippen LogP contribution >= 0.6 is 24.0 Å². The molecule has 0 bridgehead atoms. The maximum absolute atomic E-state index is 11.5. The fourth-order valence-electron chi connectivity index (χ4n) is 3.12. The summed E-state index contributed by atoms with van der Waals surface area (Å²) >= 11 is 0. The lowest BCUT2D eigenvalue weighted by Crippen LogP contribution is -2.38. The predicted octanol–water partition coefficient (Wildman–Crippen LogP) is 2.29. The van der Waals surface area contributed by atoms with Gasteiger partial charge in [-0.2, -0.15) is 0 Å². The number of hydrogen-bond acceptors (Lipinski definition) is 4. The highest BCUT2D eigenvalue weighted by Crippen LogP contribution is 2.10. The van der Waals surface area contributed by atoms with Crippen LogP contribution in [0.4, 0.5) is 0 Å². The first-order chi connectivity index (χ1) is 12.5. The molecule has 0 unspecified atom stereocenters. The van der Waals surface area contributed by atoms with E-state index in [1.165, 1.54) is 45.2 Å². The lowest BCUT2D eigenvalue weighted by atomic mass is 10.1. The second kappa shape index (κ2) is 12.6. The van der Waals surface area contributed by atoms with Crippen LogP contribution in [0.3, 0.4) is 0 Å². The minimum absolute atomic E-state index is 0. The van der Waals surface area contributed by atoms with Crippen LogP contribution in [0.15, 0.2) is 34.2 Å². The molecule has 0 radical (unpaired) electrons. The van der Waals surface area contributed by atoms with Crippen molar-refractivity contribution in [1.29, 1.82) is 0 Å². The maximum atomic E-state index is 11.5. The summed E-state index contributed by atoms with van der Waals surface area (Å²) in [4.78, 5) is 7.15. The summed E-state index contributed by atoms with van der Waals surface area (Å²) in [5, 5.41) is 6.66. The Labute approximate surface area is 181 Å². The van der Waals surface area contributed by atoms with Gasteiger partial charge in [-0.1, -0.05) is 12.1 Å². The van der Waals surface area contributed by atoms with Crippen molar-refractivity contribution in [2.24, 2.45) is 4.99 Å². The summed E-state index contributed by atoms with van der Waals surface area (Å²) in [5.74, 6) is 0.818. The number of rotatable bonds is 9. The Balaban J connectivity index is 0.00000364. The van der Waals surface area contributed by atoms with E-state index >= 15 is 0 Å². The molecule has 1 aliphatic heterocycles. The van der Waals surface area contributed by atoms with Gasteiger partial charge in [0.15, 0.2) is 15.8 Å². The second-order valence-corrected chi connectivity index (χ2v) is 8.86. The summed E-state index contributed by atoms with van der Waals surface area (Å²) in [6.45, 7) is 5.42. The molecule has 0 aromatic heterocycles. The maximum Gasteiger partial charge on any atom is 0.190 e. The molecule has 8 heteroatoms. The van der Waals surface area contributed by atoms with E-state index in [1.807, 2.05) is 12.1 Å². The molecule has 27 heavy (non-hydrogen) atoms. The molecule has 6 nitrogen and oxygen atoms in total. The van der Waals surface area contributed by atoms with Crippen LogP contribution in [0.25, 0.3) is 0 Å². The number of guanidine groups is 1. The van der Waals surface area contributed by atoms with Crippen molar-refractivity contribution in [3.05, 3.63) is 29.8 Å². The summed E-state index contributed by atoms with van der Waals surface area (Å²) in [7, 11) is -1.35. The third-order valence-corrected chi connectivity index (χ3v) is 5.80. The summed E-state index contributed by atoms with van der Waals surface area (Å²) in [6, 6.07) is 7.06. The van der Waals surface area contributed by atoms with E-state index in [0.717, 1.165) is 37.5 Å². The van der Waals surface area contributed by atoms with E-state index in [4.69, 9.17) is 0 Å². The largest absolute Gasteiger partial charge is 0.356 e. The zero-order chi connectivity index (χ0) is 18.8. The highest BCUT2D eigenvalue weighted by Gasteiger charge is 2.10. The second-order valence-electron chi connectivity index (χ2n) is 6.85. The average Bonchev–Trinajstić information content (AvgIpc) is 3.13. The zero-order valence-electron chi connectivity index (χ0n) is 16.4. The summed E-state index contributed by atoms with van der Waals surface area (Å²) in [5.41, 5.74) is 1.10. The van der Waals surface area contributed by atoms with Gasteiger partial charge in [-0.15, -0.1) is 24.0 Å². The van der Waals surface area contributed by atoms with Gasteiger partial charge in [0.25, 0.3) is 0 Å². The fraction of sp³-hybridized carbons (Fsp3) is 0.632. The molecule has 1 heterocycles. The van der Waals surface area contributed by atoms with Gasteiger partial charge >= 0.3 is 0 Å². The minimum atomic E-state index is -3.13. The number of unbranched alkanes of at least 4 members (excludes halogenated alkanes) is 1. The Hall–Kier alpha value is -0.870. The molecule has 0 saturated carbocycles. The molecule has 154 valence electrons. The topological polar surface area (TPSA) is 73.8 Å². The van der Waals surface area contributed by atoms with Gasteiger partial charge in [0.2, 0.25) is 0 Å². The third kappa shape index (κ3) is 9.25. The van der Waals surface area contributed by atoms with Crippen molar-refractivity contribution in [3.63, 3.8) is 0 Å². The normalized spacial score (nSPS) is 15.4. The molecule has 0 atom stereocenters. The molecule has 1 aliphatic rings. The van der Waals surface area contributed by atoms with Crippen molar-refractivity contribution >= 4 is 39.8 Å². The zero-order valence-corrected chi connectivity index (χ0v) is 19.6. The van der Waals surface area contributed by atoms with E-state index in [1.54, 1.807) is 19.2 Å². The lowest BCUT2D eigenvalue weighted by molar-refractivity contribution is 0.330. The Bertz CT molecular complexity index is 671. The SMILES string of the molecule is CN=C(NCCCCN1CCCC1)NCCc1ccc(S(C)(=O)=O)cc1.I. The van der Waals surface area contributed by atoms with Crippen LogP contribution in [0.5, 0.6) is 0 Å². The molecule has 0 amide bonds. The van der Waals surface area contributed by atoms with Crippen LogP contribution in [-0.2, 0) is 16.3 Å². The van der Waals surface area contributed by atoms with Crippen LogP contribution in [0, 0.1) is 0 Å². The van der Waals surface area contributed by atoms with Crippen molar-refractivity contribution in [2.75, 3.05) is 46.0 Å². The van der Waals surface area contributed by atoms with Gasteiger partial charge in [-0.05, 0) is 69.4 Å². The first kappa shape index (κ1) is 24.2. The number of hydrogen-bond donors (Lipinski definition) is 2. The van der Waals surface area contributed by atoms with Gasteiger partial charge in [0.1, 0.15) is 0 Å². The number of sulfone groups is 1. The molecular weight excluding hydrogens is 475 g/mol. The van der Waals surface area contributed by atoms with Gasteiger partial charge in [-0.25, -0.2) is 8.42 Å². The summed E-state index contributed by atoms with van der Waals surface area (Å²) < 4.78 is 22.9. The highest BCUT2D eigenvalue weighted by atomic mass is 127. The van der Waals surface area contributed by atoms with Crippen LogP contribution < -0.4 is 10.6 Å². The first-order valence-electron chi connectivity index (χ1n) is 9.45. The highest BCUT2D eigenvalue weighted by molar-refractivity contribution is 14.0. The number of aliphatic imine (C=N–C) groups is 1. The molecular formula is C19H33IN4O2S. The molecule has 2 N–H and O–H groups in total. The lowest BCUT2D eigenvalue weighted by Gasteiger charge is -2.15. The van der Waals surface area contributed by atoms with Gasteiger partial charge in [-0.3, -0.25) is 4.99 Å². The van der Waals surface area contributed by atoms with E-state index in [9.17, 15) is 8.42 Å². The summed E-state index contributed by atoms with van der Waals surface area (Å²) in [6.07, 6.45) is 7.11.